The SMILES string of the molecule is Cc1ccoc1C(NN)c1occc1Br. The maximum Gasteiger partial charge on any atom is 0.143 e. The summed E-state index contributed by atoms with van der Waals surface area (Å²) in [5.41, 5.74) is 3.70. The smallest absolute Gasteiger partial charge is 0.143 e. The number of hydrazine groups is 1. The van der Waals surface area contributed by atoms with Gasteiger partial charge in [0.15, 0.2) is 0 Å². The van der Waals surface area contributed by atoms with Gasteiger partial charge in [-0.2, -0.15) is 0 Å². The lowest BCUT2D eigenvalue weighted by atomic mass is 10.1. The van der Waals surface area contributed by atoms with Crippen LogP contribution < -0.4 is 11.3 Å². The van der Waals surface area contributed by atoms with Gasteiger partial charge in [0.25, 0.3) is 0 Å². The van der Waals surface area contributed by atoms with Crippen molar-refractivity contribution in [2.45, 2.75) is 13.0 Å². The minimum atomic E-state index is -0.274. The summed E-state index contributed by atoms with van der Waals surface area (Å²) in [6.45, 7) is 1.96. The van der Waals surface area contributed by atoms with E-state index in [2.05, 4.69) is 21.4 Å². The highest BCUT2D eigenvalue weighted by atomic mass is 79.9. The van der Waals surface area contributed by atoms with Crippen LogP contribution in [0.15, 0.2) is 38.0 Å². The number of rotatable bonds is 3. The van der Waals surface area contributed by atoms with Crippen molar-refractivity contribution < 1.29 is 8.83 Å². The molecule has 0 amide bonds. The third-order valence-corrected chi connectivity index (χ3v) is 2.89. The second-order valence-corrected chi connectivity index (χ2v) is 4.05. The molecule has 4 nitrogen and oxygen atoms in total. The van der Waals surface area contributed by atoms with Crippen LogP contribution in [0.3, 0.4) is 0 Å². The first-order chi connectivity index (χ1) is 7.24. The topological polar surface area (TPSA) is 64.3 Å². The molecule has 1 unspecified atom stereocenters. The second kappa shape index (κ2) is 4.22. The summed E-state index contributed by atoms with van der Waals surface area (Å²) in [4.78, 5) is 0. The molecule has 0 fully saturated rings. The van der Waals surface area contributed by atoms with Crippen LogP contribution in [0.25, 0.3) is 0 Å². The minimum absolute atomic E-state index is 0.274. The molecule has 1 atom stereocenters. The molecule has 2 aromatic heterocycles. The van der Waals surface area contributed by atoms with Crippen molar-refractivity contribution in [2.75, 3.05) is 0 Å². The number of hydrogen-bond acceptors (Lipinski definition) is 4. The zero-order valence-electron chi connectivity index (χ0n) is 8.16. The van der Waals surface area contributed by atoms with Crippen LogP contribution in [-0.4, -0.2) is 0 Å². The van der Waals surface area contributed by atoms with E-state index >= 15 is 0 Å². The van der Waals surface area contributed by atoms with E-state index in [0.29, 0.717) is 5.76 Å². The van der Waals surface area contributed by atoms with Crippen molar-refractivity contribution in [1.29, 1.82) is 0 Å². The van der Waals surface area contributed by atoms with Crippen molar-refractivity contribution in [3.8, 4) is 0 Å². The van der Waals surface area contributed by atoms with Crippen LogP contribution in [0.5, 0.6) is 0 Å². The lowest BCUT2D eigenvalue weighted by molar-refractivity contribution is 0.389. The van der Waals surface area contributed by atoms with E-state index in [1.165, 1.54) is 0 Å². The van der Waals surface area contributed by atoms with Gasteiger partial charge < -0.3 is 8.83 Å². The molecule has 0 spiro atoms. The van der Waals surface area contributed by atoms with Gasteiger partial charge in [-0.05, 0) is 40.5 Å². The van der Waals surface area contributed by atoms with Gasteiger partial charge >= 0.3 is 0 Å². The summed E-state index contributed by atoms with van der Waals surface area (Å²) >= 11 is 3.39. The van der Waals surface area contributed by atoms with Gasteiger partial charge in [0.1, 0.15) is 17.6 Å². The van der Waals surface area contributed by atoms with Crippen molar-refractivity contribution in [1.82, 2.24) is 5.43 Å². The predicted octanol–water partition coefficient (Wildman–Crippen LogP) is 2.50. The maximum atomic E-state index is 5.50. The number of furan rings is 2. The lowest BCUT2D eigenvalue weighted by Gasteiger charge is -2.12. The minimum Gasteiger partial charge on any atom is -0.467 e. The Kier molecular flexibility index (Phi) is 2.95. The Morgan fingerprint density at radius 2 is 1.93 bits per heavy atom. The Hall–Kier alpha value is -1.04. The molecule has 0 aliphatic carbocycles. The molecule has 0 aliphatic heterocycles. The summed E-state index contributed by atoms with van der Waals surface area (Å²) in [5, 5.41) is 0. The van der Waals surface area contributed by atoms with E-state index in [4.69, 9.17) is 14.7 Å². The first-order valence-corrected chi connectivity index (χ1v) is 5.26. The highest BCUT2D eigenvalue weighted by Gasteiger charge is 2.22. The molecule has 15 heavy (non-hydrogen) atoms. The van der Waals surface area contributed by atoms with Gasteiger partial charge in [-0.15, -0.1) is 0 Å². The first-order valence-electron chi connectivity index (χ1n) is 4.47. The second-order valence-electron chi connectivity index (χ2n) is 3.20. The van der Waals surface area contributed by atoms with Gasteiger partial charge in [0.2, 0.25) is 0 Å². The van der Waals surface area contributed by atoms with E-state index in [0.717, 1.165) is 15.8 Å². The summed E-state index contributed by atoms with van der Waals surface area (Å²) in [7, 11) is 0. The molecule has 2 aromatic rings. The Balaban J connectivity index is 2.41. The summed E-state index contributed by atoms with van der Waals surface area (Å²) < 4.78 is 11.6. The molecule has 0 aliphatic rings. The predicted molar refractivity (Wildman–Crippen MR) is 59.0 cm³/mol. The summed E-state index contributed by atoms with van der Waals surface area (Å²) in [6, 6.07) is 3.43. The van der Waals surface area contributed by atoms with E-state index in [1.54, 1.807) is 12.5 Å². The molecule has 2 rings (SSSR count). The van der Waals surface area contributed by atoms with Crippen LogP contribution in [0.1, 0.15) is 23.1 Å². The largest absolute Gasteiger partial charge is 0.467 e. The molecule has 0 radical (unpaired) electrons. The maximum absolute atomic E-state index is 5.50. The van der Waals surface area contributed by atoms with E-state index < -0.39 is 0 Å². The standard InChI is InChI=1S/C10H11BrN2O2/c1-6-2-4-14-9(6)8(13-12)10-7(11)3-5-15-10/h2-5,8,13H,12H2,1H3. The summed E-state index contributed by atoms with van der Waals surface area (Å²) in [6.07, 6.45) is 3.23. The zero-order chi connectivity index (χ0) is 10.8. The molecule has 80 valence electrons. The zero-order valence-corrected chi connectivity index (χ0v) is 9.74. The molecule has 5 heteroatoms. The van der Waals surface area contributed by atoms with Gasteiger partial charge in [0.05, 0.1) is 17.0 Å². The third kappa shape index (κ3) is 1.86. The van der Waals surface area contributed by atoms with Crippen LogP contribution in [0.4, 0.5) is 0 Å². The fraction of sp³-hybridized carbons (Fsp3) is 0.200. The van der Waals surface area contributed by atoms with Crippen LogP contribution >= 0.6 is 15.9 Å². The number of hydrogen-bond donors (Lipinski definition) is 2. The van der Waals surface area contributed by atoms with Gasteiger partial charge in [-0.3, -0.25) is 5.84 Å². The fourth-order valence-corrected chi connectivity index (χ4v) is 1.89. The Morgan fingerprint density at radius 3 is 2.40 bits per heavy atom. The normalized spacial score (nSPS) is 13.0. The lowest BCUT2D eigenvalue weighted by Crippen LogP contribution is -2.28. The van der Waals surface area contributed by atoms with E-state index in [-0.39, 0.29) is 6.04 Å². The average molecular weight is 271 g/mol. The monoisotopic (exact) mass is 270 g/mol. The molecule has 3 N–H and O–H groups in total. The average Bonchev–Trinajstić information content (AvgIpc) is 2.80. The van der Waals surface area contributed by atoms with Crippen LogP contribution in [-0.2, 0) is 0 Å². The van der Waals surface area contributed by atoms with Crippen molar-refractivity contribution in [3.05, 3.63) is 46.2 Å². The number of nitrogens with one attached hydrogen (secondary N) is 1. The molecule has 2 heterocycles. The molecular weight excluding hydrogens is 260 g/mol. The van der Waals surface area contributed by atoms with Crippen LogP contribution in [0, 0.1) is 6.92 Å². The highest BCUT2D eigenvalue weighted by molar-refractivity contribution is 9.10. The van der Waals surface area contributed by atoms with Gasteiger partial charge in [-0.1, -0.05) is 0 Å². The molecule has 0 aromatic carbocycles. The van der Waals surface area contributed by atoms with Gasteiger partial charge in [0, 0.05) is 0 Å². The Labute approximate surface area is 95.5 Å². The summed E-state index contributed by atoms with van der Waals surface area (Å²) in [5.74, 6) is 6.96. The molecule has 0 saturated carbocycles. The fourth-order valence-electron chi connectivity index (χ4n) is 1.46. The van der Waals surface area contributed by atoms with Crippen molar-refractivity contribution >= 4 is 15.9 Å². The molecule has 0 saturated heterocycles. The van der Waals surface area contributed by atoms with Gasteiger partial charge in [-0.25, -0.2) is 5.43 Å². The van der Waals surface area contributed by atoms with E-state index in [1.807, 2.05) is 19.1 Å². The third-order valence-electron chi connectivity index (χ3n) is 2.24. The highest BCUT2D eigenvalue weighted by Crippen LogP contribution is 2.30. The van der Waals surface area contributed by atoms with Crippen molar-refractivity contribution in [3.63, 3.8) is 0 Å². The first kappa shape index (κ1) is 10.5. The Morgan fingerprint density at radius 1 is 1.27 bits per heavy atom. The number of nitrogens with two attached hydrogens (primary N) is 1. The molecule has 0 bridgehead atoms. The number of aryl methyl sites for hydroxylation is 1. The number of halogens is 1. The quantitative estimate of drug-likeness (QED) is 0.665. The van der Waals surface area contributed by atoms with Crippen molar-refractivity contribution in [2.24, 2.45) is 5.84 Å². The van der Waals surface area contributed by atoms with Crippen LogP contribution in [0.2, 0.25) is 0 Å². The molecular formula is C10H11BrN2O2. The van der Waals surface area contributed by atoms with E-state index in [9.17, 15) is 0 Å². The Bertz CT molecular complexity index is 409.